The van der Waals surface area contributed by atoms with Crippen molar-refractivity contribution >= 4 is 46.4 Å². The fraction of sp³-hybridized carbons (Fsp3) is 0.222. The summed E-state index contributed by atoms with van der Waals surface area (Å²) in [6.45, 7) is 1.54. The molecule has 1 atom stereocenters. The molecule has 0 radical (unpaired) electrons. The number of hydrogen-bond donors (Lipinski definition) is 2. The van der Waals surface area contributed by atoms with Crippen molar-refractivity contribution in [1.29, 1.82) is 5.26 Å². The number of carbonyl (C=O) groups excluding carboxylic acids is 3. The number of anilines is 1. The lowest BCUT2D eigenvalue weighted by Crippen LogP contribution is -2.32. The summed E-state index contributed by atoms with van der Waals surface area (Å²) in [5, 5.41) is 17.7. The van der Waals surface area contributed by atoms with Gasteiger partial charge in [-0.3, -0.25) is 14.4 Å². The van der Waals surface area contributed by atoms with E-state index in [1.165, 1.54) is 36.5 Å². The third-order valence-electron chi connectivity index (χ3n) is 3.43. The molecule has 0 spiro atoms. The Bertz CT molecular complexity index is 877. The Hall–Kier alpha value is -2.89. The van der Waals surface area contributed by atoms with Crippen molar-refractivity contribution in [2.75, 3.05) is 11.9 Å². The van der Waals surface area contributed by atoms with Gasteiger partial charge in [-0.25, -0.2) is 0 Å². The Labute approximate surface area is 164 Å². The van der Waals surface area contributed by atoms with Gasteiger partial charge in [0.25, 0.3) is 11.8 Å². The molecule has 2 rings (SSSR count). The van der Waals surface area contributed by atoms with Crippen molar-refractivity contribution in [3.8, 4) is 6.07 Å². The normalized spacial score (nSPS) is 11.1. The van der Waals surface area contributed by atoms with Crippen molar-refractivity contribution in [3.05, 3.63) is 51.2 Å². The van der Waals surface area contributed by atoms with Crippen LogP contribution in [0.3, 0.4) is 0 Å². The number of thiophene rings is 1. The molecule has 0 bridgehead atoms. The van der Waals surface area contributed by atoms with E-state index in [1.54, 1.807) is 16.8 Å². The van der Waals surface area contributed by atoms with Gasteiger partial charge in [0.2, 0.25) is 0 Å². The van der Waals surface area contributed by atoms with Crippen LogP contribution in [0.25, 0.3) is 0 Å². The molecule has 2 N–H and O–H groups in total. The Morgan fingerprint density at radius 1 is 1.33 bits per heavy atom. The molecular formula is C18H16ClN3O4S. The van der Waals surface area contributed by atoms with E-state index >= 15 is 0 Å². The first kappa shape index (κ1) is 20.4. The largest absolute Gasteiger partial charge is 0.452 e. The fourth-order valence-corrected chi connectivity index (χ4v) is 2.87. The van der Waals surface area contributed by atoms with Crippen molar-refractivity contribution < 1.29 is 19.1 Å². The van der Waals surface area contributed by atoms with Crippen LogP contribution in [-0.2, 0) is 14.3 Å². The van der Waals surface area contributed by atoms with Crippen molar-refractivity contribution in [1.82, 2.24) is 5.32 Å². The molecule has 9 heteroatoms. The molecule has 0 aliphatic rings. The molecule has 1 heterocycles. The Morgan fingerprint density at radius 2 is 2.11 bits per heavy atom. The topological polar surface area (TPSA) is 108 Å². The highest BCUT2D eigenvalue weighted by Gasteiger charge is 2.18. The molecule has 2 aromatic rings. The number of ether oxygens (including phenoxy) is 1. The van der Waals surface area contributed by atoms with Gasteiger partial charge in [-0.1, -0.05) is 11.6 Å². The smallest absolute Gasteiger partial charge is 0.308 e. The summed E-state index contributed by atoms with van der Waals surface area (Å²) in [5.74, 6) is -1.42. The maximum Gasteiger partial charge on any atom is 0.308 e. The van der Waals surface area contributed by atoms with E-state index in [4.69, 9.17) is 21.6 Å². The van der Waals surface area contributed by atoms with Gasteiger partial charge in [0.05, 0.1) is 17.0 Å². The van der Waals surface area contributed by atoms with E-state index in [-0.39, 0.29) is 23.9 Å². The highest BCUT2D eigenvalue weighted by atomic mass is 35.5. The fourth-order valence-electron chi connectivity index (χ4n) is 2.01. The van der Waals surface area contributed by atoms with Crippen molar-refractivity contribution in [2.24, 2.45) is 0 Å². The second-order valence-corrected chi connectivity index (χ2v) is 6.63. The molecule has 1 unspecified atom stereocenters. The predicted octanol–water partition coefficient (Wildman–Crippen LogP) is 2.96. The number of nitrogens with one attached hydrogen (secondary N) is 2. The lowest BCUT2D eigenvalue weighted by atomic mass is 10.2. The molecule has 0 saturated carbocycles. The van der Waals surface area contributed by atoms with E-state index in [0.29, 0.717) is 16.8 Å². The molecule has 2 amide bonds. The summed E-state index contributed by atoms with van der Waals surface area (Å²) in [4.78, 5) is 35.6. The van der Waals surface area contributed by atoms with Gasteiger partial charge in [0.15, 0.2) is 6.10 Å². The van der Waals surface area contributed by atoms with Crippen LogP contribution >= 0.6 is 22.9 Å². The van der Waals surface area contributed by atoms with E-state index in [9.17, 15) is 14.4 Å². The van der Waals surface area contributed by atoms with Gasteiger partial charge in [-0.2, -0.15) is 16.6 Å². The van der Waals surface area contributed by atoms with E-state index < -0.39 is 18.0 Å². The molecule has 7 nitrogen and oxygen atoms in total. The Kier molecular flexibility index (Phi) is 7.34. The number of rotatable bonds is 7. The first-order valence-corrected chi connectivity index (χ1v) is 9.23. The van der Waals surface area contributed by atoms with Gasteiger partial charge in [-0.05, 0) is 36.6 Å². The van der Waals surface area contributed by atoms with Crippen LogP contribution in [0.4, 0.5) is 5.69 Å². The number of amides is 2. The number of benzene rings is 1. The standard InChI is InChI=1S/C18H16ClN3O4S/c1-11(17(24)22-14-3-2-12(9-20)15(19)8-14)26-16(23)4-6-21-18(25)13-5-7-27-10-13/h2-3,5,7-8,10-11H,4,6H2,1H3,(H,21,25)(H,22,24). The zero-order valence-electron chi connectivity index (χ0n) is 14.3. The third kappa shape index (κ3) is 6.09. The van der Waals surface area contributed by atoms with Gasteiger partial charge in [0, 0.05) is 23.2 Å². The van der Waals surface area contributed by atoms with E-state index in [0.717, 1.165) is 0 Å². The van der Waals surface area contributed by atoms with Crippen LogP contribution in [0.2, 0.25) is 5.02 Å². The van der Waals surface area contributed by atoms with Crippen molar-refractivity contribution in [3.63, 3.8) is 0 Å². The lowest BCUT2D eigenvalue weighted by molar-refractivity contribution is -0.153. The first-order chi connectivity index (χ1) is 12.9. The Balaban J connectivity index is 1.76. The molecule has 0 fully saturated rings. The summed E-state index contributed by atoms with van der Waals surface area (Å²) in [6.07, 6.45) is -1.09. The zero-order chi connectivity index (χ0) is 19.8. The van der Waals surface area contributed by atoms with E-state index in [1.807, 2.05) is 6.07 Å². The minimum absolute atomic E-state index is 0.0593. The quantitative estimate of drug-likeness (QED) is 0.688. The van der Waals surface area contributed by atoms with Crippen LogP contribution in [0.5, 0.6) is 0 Å². The maximum atomic E-state index is 12.1. The molecule has 1 aromatic carbocycles. The summed E-state index contributed by atoms with van der Waals surface area (Å²) in [5.41, 5.74) is 1.20. The maximum absolute atomic E-state index is 12.1. The molecule has 0 saturated heterocycles. The van der Waals surface area contributed by atoms with Crippen molar-refractivity contribution in [2.45, 2.75) is 19.4 Å². The number of hydrogen-bond acceptors (Lipinski definition) is 6. The lowest BCUT2D eigenvalue weighted by Gasteiger charge is -2.14. The number of esters is 1. The van der Waals surface area contributed by atoms with Gasteiger partial charge >= 0.3 is 5.97 Å². The van der Waals surface area contributed by atoms with E-state index in [2.05, 4.69) is 10.6 Å². The molecule has 140 valence electrons. The van der Waals surface area contributed by atoms with Crippen LogP contribution < -0.4 is 10.6 Å². The van der Waals surface area contributed by atoms with Gasteiger partial charge in [0.1, 0.15) is 6.07 Å². The SMILES string of the molecule is CC(OC(=O)CCNC(=O)c1ccsc1)C(=O)Nc1ccc(C#N)c(Cl)c1. The summed E-state index contributed by atoms with van der Waals surface area (Å²) in [7, 11) is 0. The summed E-state index contributed by atoms with van der Waals surface area (Å²) < 4.78 is 5.05. The summed E-state index contributed by atoms with van der Waals surface area (Å²) in [6, 6.07) is 8.04. The monoisotopic (exact) mass is 405 g/mol. The number of nitrogens with zero attached hydrogens (tertiary/aromatic N) is 1. The second kappa shape index (κ2) is 9.71. The molecule has 0 aliphatic heterocycles. The highest BCUT2D eigenvalue weighted by Crippen LogP contribution is 2.20. The molecular weight excluding hydrogens is 390 g/mol. The van der Waals surface area contributed by atoms with Gasteiger partial charge < -0.3 is 15.4 Å². The van der Waals surface area contributed by atoms with Crippen LogP contribution in [0.15, 0.2) is 35.0 Å². The minimum Gasteiger partial charge on any atom is -0.452 e. The van der Waals surface area contributed by atoms with Crippen LogP contribution in [0.1, 0.15) is 29.3 Å². The summed E-state index contributed by atoms with van der Waals surface area (Å²) >= 11 is 7.31. The molecule has 1 aromatic heterocycles. The van der Waals surface area contributed by atoms with Gasteiger partial charge in [-0.15, -0.1) is 0 Å². The molecule has 27 heavy (non-hydrogen) atoms. The highest BCUT2D eigenvalue weighted by molar-refractivity contribution is 7.08. The number of carbonyl (C=O) groups is 3. The average molecular weight is 406 g/mol. The van der Waals surface area contributed by atoms with Crippen LogP contribution in [-0.4, -0.2) is 30.4 Å². The number of halogens is 1. The Morgan fingerprint density at radius 3 is 2.74 bits per heavy atom. The predicted molar refractivity (Wildman–Crippen MR) is 102 cm³/mol. The zero-order valence-corrected chi connectivity index (χ0v) is 15.9. The number of nitriles is 1. The average Bonchev–Trinajstić information content (AvgIpc) is 3.16. The second-order valence-electron chi connectivity index (χ2n) is 5.45. The minimum atomic E-state index is -1.03. The third-order valence-corrected chi connectivity index (χ3v) is 4.43. The molecule has 0 aliphatic carbocycles. The van der Waals surface area contributed by atoms with Crippen LogP contribution in [0, 0.1) is 11.3 Å². The first-order valence-electron chi connectivity index (χ1n) is 7.91.